The van der Waals surface area contributed by atoms with Crippen LogP contribution >= 0.6 is 0 Å². The zero-order valence-corrected chi connectivity index (χ0v) is 13.2. The van der Waals surface area contributed by atoms with Gasteiger partial charge in [-0.1, -0.05) is 24.3 Å². The first-order valence-corrected chi connectivity index (χ1v) is 7.52. The Balaban J connectivity index is 1.84. The Kier molecular flexibility index (Phi) is 4.26. The fraction of sp³-hybridized carbons (Fsp3) is 0.211. The van der Waals surface area contributed by atoms with Gasteiger partial charge in [-0.3, -0.25) is 0 Å². The van der Waals surface area contributed by atoms with E-state index in [1.807, 2.05) is 26.0 Å². The van der Waals surface area contributed by atoms with Gasteiger partial charge < -0.3 is 9.73 Å². The Morgan fingerprint density at radius 2 is 1.78 bits per heavy atom. The molecule has 0 bridgehead atoms. The summed E-state index contributed by atoms with van der Waals surface area (Å²) in [6.07, 6.45) is 0. The van der Waals surface area contributed by atoms with E-state index in [0.29, 0.717) is 18.7 Å². The second kappa shape index (κ2) is 6.34. The zero-order chi connectivity index (χ0) is 16.4. The Morgan fingerprint density at radius 3 is 2.52 bits per heavy atom. The number of fused-ring (bicyclic) bond motifs is 1. The largest absolute Gasteiger partial charge is 0.422 e. The third-order valence-corrected chi connectivity index (χ3v) is 4.08. The van der Waals surface area contributed by atoms with Gasteiger partial charge in [0.05, 0.1) is 0 Å². The van der Waals surface area contributed by atoms with Crippen LogP contribution in [-0.4, -0.2) is 0 Å². The lowest BCUT2D eigenvalue weighted by Crippen LogP contribution is -2.14. The minimum Gasteiger partial charge on any atom is -0.422 e. The summed E-state index contributed by atoms with van der Waals surface area (Å²) in [4.78, 5) is 11.8. The second-order valence-electron chi connectivity index (χ2n) is 5.70. The van der Waals surface area contributed by atoms with Gasteiger partial charge in [-0.2, -0.15) is 0 Å². The van der Waals surface area contributed by atoms with Gasteiger partial charge in [-0.15, -0.1) is 0 Å². The molecule has 3 rings (SSSR count). The second-order valence-corrected chi connectivity index (χ2v) is 5.70. The third kappa shape index (κ3) is 3.32. The van der Waals surface area contributed by atoms with Crippen LogP contribution in [0.5, 0.6) is 0 Å². The molecule has 2 aromatic carbocycles. The molecule has 0 spiro atoms. The molecule has 0 amide bonds. The summed E-state index contributed by atoms with van der Waals surface area (Å²) in [5.74, 6) is -0.244. The highest BCUT2D eigenvalue weighted by molar-refractivity contribution is 5.83. The molecular weight excluding hydrogens is 293 g/mol. The van der Waals surface area contributed by atoms with E-state index in [2.05, 4.69) is 5.32 Å². The van der Waals surface area contributed by atoms with Gasteiger partial charge in [-0.05, 0) is 48.2 Å². The first-order chi connectivity index (χ1) is 11.0. The molecule has 23 heavy (non-hydrogen) atoms. The van der Waals surface area contributed by atoms with Crippen LogP contribution < -0.4 is 10.9 Å². The van der Waals surface area contributed by atoms with Crippen LogP contribution in [0.2, 0.25) is 0 Å². The lowest BCUT2D eigenvalue weighted by molar-refractivity contribution is 0.554. The van der Waals surface area contributed by atoms with Gasteiger partial charge in [0.1, 0.15) is 11.4 Å². The maximum absolute atomic E-state index is 12.9. The summed E-state index contributed by atoms with van der Waals surface area (Å²) in [6.45, 7) is 5.10. The van der Waals surface area contributed by atoms with Crippen molar-refractivity contribution < 1.29 is 8.81 Å². The molecule has 0 atom stereocenters. The summed E-state index contributed by atoms with van der Waals surface area (Å²) in [5.41, 5.74) is 4.28. The van der Waals surface area contributed by atoms with Crippen LogP contribution in [0.3, 0.4) is 0 Å². The van der Waals surface area contributed by atoms with Gasteiger partial charge in [-0.25, -0.2) is 9.18 Å². The van der Waals surface area contributed by atoms with Gasteiger partial charge in [0.2, 0.25) is 0 Å². The average Bonchev–Trinajstić information content (AvgIpc) is 2.53. The Hall–Kier alpha value is -2.46. The minimum atomic E-state index is -0.343. The van der Waals surface area contributed by atoms with E-state index in [-0.39, 0.29) is 11.4 Å². The molecule has 0 unspecified atom stereocenters. The van der Waals surface area contributed by atoms with Crippen LogP contribution in [0, 0.1) is 19.7 Å². The topological polar surface area (TPSA) is 42.2 Å². The SMILES string of the molecule is Cc1ccc2c(CNCc3ccc(F)cc3)cc(=O)oc2c1C. The lowest BCUT2D eigenvalue weighted by atomic mass is 10.0. The van der Waals surface area contributed by atoms with Gasteiger partial charge in [0.15, 0.2) is 0 Å². The van der Waals surface area contributed by atoms with Gasteiger partial charge in [0.25, 0.3) is 0 Å². The van der Waals surface area contributed by atoms with Gasteiger partial charge >= 0.3 is 5.63 Å². The summed E-state index contributed by atoms with van der Waals surface area (Å²) < 4.78 is 18.3. The number of hydrogen-bond acceptors (Lipinski definition) is 3. The van der Waals surface area contributed by atoms with Crippen molar-refractivity contribution in [2.45, 2.75) is 26.9 Å². The van der Waals surface area contributed by atoms with Crippen molar-refractivity contribution >= 4 is 11.0 Å². The van der Waals surface area contributed by atoms with Crippen molar-refractivity contribution in [2.24, 2.45) is 0 Å². The minimum absolute atomic E-state index is 0.244. The van der Waals surface area contributed by atoms with E-state index in [0.717, 1.165) is 27.6 Å². The molecule has 1 N–H and O–H groups in total. The molecule has 0 radical (unpaired) electrons. The van der Waals surface area contributed by atoms with E-state index >= 15 is 0 Å². The number of rotatable bonds is 4. The van der Waals surface area contributed by atoms with E-state index in [9.17, 15) is 9.18 Å². The number of halogens is 1. The Bertz CT molecular complexity index is 898. The molecule has 118 valence electrons. The van der Waals surface area contributed by atoms with Crippen LogP contribution in [0.15, 0.2) is 51.7 Å². The first-order valence-electron chi connectivity index (χ1n) is 7.52. The smallest absolute Gasteiger partial charge is 0.336 e. The number of aryl methyl sites for hydroxylation is 2. The molecular formula is C19H18FNO2. The molecule has 0 saturated heterocycles. The summed E-state index contributed by atoms with van der Waals surface area (Å²) >= 11 is 0. The van der Waals surface area contributed by atoms with Crippen molar-refractivity contribution in [1.82, 2.24) is 5.32 Å². The van der Waals surface area contributed by atoms with Crippen molar-refractivity contribution in [3.63, 3.8) is 0 Å². The molecule has 0 saturated carbocycles. The van der Waals surface area contributed by atoms with E-state index in [4.69, 9.17) is 4.42 Å². The maximum atomic E-state index is 12.9. The molecule has 1 heterocycles. The number of benzene rings is 2. The summed E-state index contributed by atoms with van der Waals surface area (Å²) in [7, 11) is 0. The number of hydrogen-bond donors (Lipinski definition) is 1. The van der Waals surface area contributed by atoms with Crippen LogP contribution in [0.4, 0.5) is 4.39 Å². The zero-order valence-electron chi connectivity index (χ0n) is 13.2. The van der Waals surface area contributed by atoms with E-state index in [1.54, 1.807) is 12.1 Å². The van der Waals surface area contributed by atoms with Crippen molar-refractivity contribution in [2.75, 3.05) is 0 Å². The fourth-order valence-corrected chi connectivity index (χ4v) is 2.61. The predicted molar refractivity (Wildman–Crippen MR) is 88.9 cm³/mol. The predicted octanol–water partition coefficient (Wildman–Crippen LogP) is 3.84. The van der Waals surface area contributed by atoms with E-state index in [1.165, 1.54) is 18.2 Å². The molecule has 0 aliphatic rings. The fourth-order valence-electron chi connectivity index (χ4n) is 2.61. The van der Waals surface area contributed by atoms with Crippen LogP contribution in [0.25, 0.3) is 11.0 Å². The standard InChI is InChI=1S/C19H18FNO2/c1-12-3-8-17-15(9-18(22)23-19(17)13(12)2)11-21-10-14-4-6-16(20)7-5-14/h3-9,21H,10-11H2,1-2H3. The highest BCUT2D eigenvalue weighted by Gasteiger charge is 2.09. The van der Waals surface area contributed by atoms with E-state index < -0.39 is 0 Å². The van der Waals surface area contributed by atoms with Crippen molar-refractivity contribution in [3.8, 4) is 0 Å². The van der Waals surface area contributed by atoms with Gasteiger partial charge in [0, 0.05) is 24.5 Å². The molecule has 0 fully saturated rings. The lowest BCUT2D eigenvalue weighted by Gasteiger charge is -2.10. The van der Waals surface area contributed by atoms with Crippen LogP contribution in [0.1, 0.15) is 22.3 Å². The quantitative estimate of drug-likeness (QED) is 0.744. The highest BCUT2D eigenvalue weighted by atomic mass is 19.1. The summed E-state index contributed by atoms with van der Waals surface area (Å²) in [6, 6.07) is 11.9. The first kappa shape index (κ1) is 15.4. The highest BCUT2D eigenvalue weighted by Crippen LogP contribution is 2.23. The molecule has 0 aliphatic carbocycles. The number of nitrogens with one attached hydrogen (secondary N) is 1. The molecule has 3 nitrogen and oxygen atoms in total. The normalized spacial score (nSPS) is 11.1. The van der Waals surface area contributed by atoms with Crippen molar-refractivity contribution in [1.29, 1.82) is 0 Å². The molecule has 0 aliphatic heterocycles. The molecule has 4 heteroatoms. The Morgan fingerprint density at radius 1 is 1.04 bits per heavy atom. The maximum Gasteiger partial charge on any atom is 0.336 e. The molecule has 3 aromatic rings. The molecule has 1 aromatic heterocycles. The monoisotopic (exact) mass is 311 g/mol. The third-order valence-electron chi connectivity index (χ3n) is 4.08. The average molecular weight is 311 g/mol. The van der Waals surface area contributed by atoms with Crippen molar-refractivity contribution in [3.05, 3.63) is 81.0 Å². The van der Waals surface area contributed by atoms with Crippen LogP contribution in [-0.2, 0) is 13.1 Å². The summed E-state index contributed by atoms with van der Waals surface area (Å²) in [5, 5.41) is 4.23. The Labute approximate surface area is 133 Å².